The monoisotopic (exact) mass is 552 g/mol. The van der Waals surface area contributed by atoms with E-state index in [2.05, 4.69) is 0 Å². The summed E-state index contributed by atoms with van der Waals surface area (Å²) in [6.45, 7) is 5.94. The number of nitrogens with zero attached hydrogens (tertiary/aromatic N) is 2. The number of alkyl halides is 3. The number of amides is 1. The molecule has 206 valence electrons. The first-order chi connectivity index (χ1) is 18.0. The van der Waals surface area contributed by atoms with E-state index in [0.717, 1.165) is 5.56 Å². The molecular weight excluding hydrogens is 521 g/mol. The second-order valence-electron chi connectivity index (χ2n) is 10.4. The lowest BCUT2D eigenvalue weighted by atomic mass is 9.76. The van der Waals surface area contributed by atoms with Crippen LogP contribution in [0.25, 0.3) is 0 Å². The SMILES string of the molecule is CC(C)COc1ccccc1CN1CCC2(CCN(C(=O)c3ccccc3Cl)CC2)C1OC(=O)C(F)(F)F. The number of halogens is 4. The number of carbonyl (C=O) groups excluding carboxylic acids is 2. The Hall–Kier alpha value is -2.78. The predicted molar refractivity (Wildman–Crippen MR) is 137 cm³/mol. The Morgan fingerprint density at radius 2 is 1.66 bits per heavy atom. The van der Waals surface area contributed by atoms with Gasteiger partial charge in [-0.1, -0.05) is 55.8 Å². The van der Waals surface area contributed by atoms with Gasteiger partial charge in [0.2, 0.25) is 0 Å². The fourth-order valence-corrected chi connectivity index (χ4v) is 5.45. The summed E-state index contributed by atoms with van der Waals surface area (Å²) in [6, 6.07) is 14.2. The Morgan fingerprint density at radius 3 is 2.32 bits per heavy atom. The molecule has 2 aliphatic rings. The van der Waals surface area contributed by atoms with Crippen LogP contribution in [-0.4, -0.2) is 60.3 Å². The van der Waals surface area contributed by atoms with Crippen molar-refractivity contribution in [1.82, 2.24) is 9.80 Å². The second kappa shape index (κ2) is 11.5. The van der Waals surface area contributed by atoms with Crippen molar-refractivity contribution in [3.05, 3.63) is 64.7 Å². The molecular formula is C28H32ClF3N2O4. The fraction of sp³-hybridized carbons (Fsp3) is 0.500. The minimum atomic E-state index is -5.10. The lowest BCUT2D eigenvalue weighted by Gasteiger charge is -2.43. The first-order valence-electron chi connectivity index (χ1n) is 12.8. The second-order valence-corrected chi connectivity index (χ2v) is 10.8. The minimum absolute atomic E-state index is 0.222. The number of para-hydroxylation sites is 1. The summed E-state index contributed by atoms with van der Waals surface area (Å²) < 4.78 is 50.9. The highest BCUT2D eigenvalue weighted by Gasteiger charge is 2.54. The molecule has 2 fully saturated rings. The molecule has 2 aliphatic heterocycles. The van der Waals surface area contributed by atoms with Crippen LogP contribution in [0.15, 0.2) is 48.5 Å². The van der Waals surface area contributed by atoms with E-state index in [4.69, 9.17) is 21.1 Å². The molecule has 0 bridgehead atoms. The smallest absolute Gasteiger partial charge is 0.490 e. The molecule has 0 saturated carbocycles. The summed E-state index contributed by atoms with van der Waals surface area (Å²) in [7, 11) is 0. The van der Waals surface area contributed by atoms with Crippen LogP contribution in [-0.2, 0) is 16.1 Å². The van der Waals surface area contributed by atoms with Crippen LogP contribution in [0.4, 0.5) is 13.2 Å². The molecule has 0 radical (unpaired) electrons. The molecule has 1 spiro atoms. The average Bonchev–Trinajstić information content (AvgIpc) is 3.19. The molecule has 1 amide bonds. The molecule has 38 heavy (non-hydrogen) atoms. The van der Waals surface area contributed by atoms with Crippen molar-refractivity contribution < 1.29 is 32.2 Å². The maximum absolute atomic E-state index is 13.3. The third kappa shape index (κ3) is 6.26. The lowest BCUT2D eigenvalue weighted by molar-refractivity contribution is -0.220. The number of rotatable bonds is 7. The number of ether oxygens (including phenoxy) is 2. The highest BCUT2D eigenvalue weighted by molar-refractivity contribution is 6.33. The third-order valence-corrected chi connectivity index (χ3v) is 7.60. The van der Waals surface area contributed by atoms with E-state index in [1.807, 2.05) is 38.1 Å². The molecule has 1 unspecified atom stereocenters. The number of hydrogen-bond acceptors (Lipinski definition) is 5. The van der Waals surface area contributed by atoms with E-state index in [9.17, 15) is 22.8 Å². The third-order valence-electron chi connectivity index (χ3n) is 7.27. The quantitative estimate of drug-likeness (QED) is 0.398. The van der Waals surface area contributed by atoms with Gasteiger partial charge in [0.1, 0.15) is 5.75 Å². The molecule has 2 aromatic rings. The zero-order valence-electron chi connectivity index (χ0n) is 21.5. The molecule has 4 rings (SSSR count). The zero-order valence-corrected chi connectivity index (χ0v) is 22.2. The molecule has 0 N–H and O–H groups in total. The summed E-state index contributed by atoms with van der Waals surface area (Å²) in [5, 5.41) is 0.347. The summed E-state index contributed by atoms with van der Waals surface area (Å²) in [6.07, 6.45) is -4.82. The molecule has 0 aromatic heterocycles. The fourth-order valence-electron chi connectivity index (χ4n) is 5.23. The van der Waals surface area contributed by atoms with Crippen LogP contribution in [0.2, 0.25) is 5.02 Å². The van der Waals surface area contributed by atoms with Crippen LogP contribution in [0, 0.1) is 11.3 Å². The van der Waals surface area contributed by atoms with E-state index in [-0.39, 0.29) is 12.5 Å². The Bertz CT molecular complexity index is 1150. The maximum atomic E-state index is 13.3. The number of piperidine rings is 1. The zero-order chi connectivity index (χ0) is 27.5. The number of esters is 1. The van der Waals surface area contributed by atoms with Crippen molar-refractivity contribution in [1.29, 1.82) is 0 Å². The lowest BCUT2D eigenvalue weighted by Crippen LogP contribution is -2.51. The van der Waals surface area contributed by atoms with Crippen molar-refractivity contribution in [2.24, 2.45) is 11.3 Å². The van der Waals surface area contributed by atoms with Gasteiger partial charge < -0.3 is 14.4 Å². The van der Waals surface area contributed by atoms with Crippen molar-refractivity contribution in [2.45, 2.75) is 52.1 Å². The minimum Gasteiger partial charge on any atom is -0.493 e. The van der Waals surface area contributed by atoms with Crippen molar-refractivity contribution >= 4 is 23.5 Å². The van der Waals surface area contributed by atoms with Gasteiger partial charge in [0.15, 0.2) is 6.23 Å². The number of carbonyl (C=O) groups is 2. The van der Waals surface area contributed by atoms with Crippen LogP contribution >= 0.6 is 11.6 Å². The summed E-state index contributed by atoms with van der Waals surface area (Å²) in [5.74, 6) is -1.46. The van der Waals surface area contributed by atoms with Crippen LogP contribution in [0.3, 0.4) is 0 Å². The predicted octanol–water partition coefficient (Wildman–Crippen LogP) is 5.93. The number of likely N-dealkylation sites (tertiary alicyclic amines) is 2. The van der Waals surface area contributed by atoms with E-state index < -0.39 is 23.8 Å². The van der Waals surface area contributed by atoms with Crippen molar-refractivity contribution in [2.75, 3.05) is 26.2 Å². The molecule has 6 nitrogen and oxygen atoms in total. The highest BCUT2D eigenvalue weighted by atomic mass is 35.5. The Morgan fingerprint density at radius 1 is 1.03 bits per heavy atom. The van der Waals surface area contributed by atoms with Gasteiger partial charge in [-0.3, -0.25) is 9.69 Å². The van der Waals surface area contributed by atoms with E-state index in [1.54, 1.807) is 34.1 Å². The van der Waals surface area contributed by atoms with Gasteiger partial charge in [-0.05, 0) is 43.4 Å². The average molecular weight is 553 g/mol. The van der Waals surface area contributed by atoms with Crippen molar-refractivity contribution in [3.8, 4) is 5.75 Å². The van der Waals surface area contributed by atoms with Gasteiger partial charge in [-0.25, -0.2) is 4.79 Å². The van der Waals surface area contributed by atoms with Crippen LogP contribution in [0.1, 0.15) is 49.0 Å². The number of hydrogen-bond donors (Lipinski definition) is 0. The summed E-state index contributed by atoms with van der Waals surface area (Å²) >= 11 is 6.20. The van der Waals surface area contributed by atoms with Crippen LogP contribution < -0.4 is 4.74 Å². The summed E-state index contributed by atoms with van der Waals surface area (Å²) in [5.41, 5.74) is 0.493. The molecule has 2 aromatic carbocycles. The highest BCUT2D eigenvalue weighted by Crippen LogP contribution is 2.47. The Labute approximate surface area is 225 Å². The Kier molecular flexibility index (Phi) is 8.57. The molecule has 2 saturated heterocycles. The van der Waals surface area contributed by atoms with E-state index >= 15 is 0 Å². The Balaban J connectivity index is 1.53. The molecule has 1 atom stereocenters. The molecule has 10 heteroatoms. The first-order valence-corrected chi connectivity index (χ1v) is 13.1. The van der Waals surface area contributed by atoms with Gasteiger partial charge >= 0.3 is 12.1 Å². The molecule has 2 heterocycles. The standard InChI is InChI=1S/C28H32ClF3N2O4/c1-19(2)18-37-23-10-6-3-7-20(23)17-34-16-13-27(25(34)38-26(36)28(30,31)32)11-14-33(15-12-27)24(35)21-8-4-5-9-22(21)29/h3-10,19,25H,11-18H2,1-2H3. The van der Waals surface area contributed by atoms with E-state index in [1.165, 1.54) is 0 Å². The van der Waals surface area contributed by atoms with Gasteiger partial charge in [-0.2, -0.15) is 13.2 Å². The first kappa shape index (κ1) is 28.2. The number of benzene rings is 2. The van der Waals surface area contributed by atoms with Crippen molar-refractivity contribution in [3.63, 3.8) is 0 Å². The molecule has 0 aliphatic carbocycles. The summed E-state index contributed by atoms with van der Waals surface area (Å²) in [4.78, 5) is 28.5. The van der Waals surface area contributed by atoms with Gasteiger partial charge in [0.05, 0.1) is 17.2 Å². The largest absolute Gasteiger partial charge is 0.493 e. The van der Waals surface area contributed by atoms with Crippen LogP contribution in [0.5, 0.6) is 5.75 Å². The van der Waals surface area contributed by atoms with Gasteiger partial charge in [-0.15, -0.1) is 0 Å². The topological polar surface area (TPSA) is 59.1 Å². The normalized spacial score (nSPS) is 19.7. The van der Waals surface area contributed by atoms with Gasteiger partial charge in [0.25, 0.3) is 5.91 Å². The van der Waals surface area contributed by atoms with E-state index in [0.29, 0.717) is 67.8 Å². The van der Waals surface area contributed by atoms with Gasteiger partial charge in [0, 0.05) is 37.2 Å². The maximum Gasteiger partial charge on any atom is 0.490 e.